The van der Waals surface area contributed by atoms with Crippen LogP contribution in [0, 0.1) is 0 Å². The first-order valence-electron chi connectivity index (χ1n) is 6.22. The molecule has 1 atom stereocenters. The molecule has 0 aromatic rings. The monoisotopic (exact) mass is 259 g/mol. The van der Waals surface area contributed by atoms with Gasteiger partial charge in [-0.2, -0.15) is 0 Å². The zero-order valence-electron chi connectivity index (χ0n) is 11.6. The minimum absolute atomic E-state index is 0.0301. The number of carbonyl (C=O) groups is 2. The highest BCUT2D eigenvalue weighted by atomic mass is 16.5. The molecular weight excluding hydrogens is 234 g/mol. The molecule has 6 nitrogen and oxygen atoms in total. The predicted molar refractivity (Wildman–Crippen MR) is 70.0 cm³/mol. The maximum Gasteiger partial charge on any atom is 0.239 e. The number of rotatable bonds is 9. The molecule has 0 saturated carbocycles. The summed E-state index contributed by atoms with van der Waals surface area (Å²) in [7, 11) is 3.20. The summed E-state index contributed by atoms with van der Waals surface area (Å²) in [5.74, 6) is -0.201. The summed E-state index contributed by atoms with van der Waals surface area (Å²) < 4.78 is 4.81. The van der Waals surface area contributed by atoms with E-state index in [1.165, 1.54) is 4.90 Å². The molecule has 0 spiro atoms. The SMILES string of the molecule is COCCNC(=O)CN(C)C(=O)CCCC(C)N. The van der Waals surface area contributed by atoms with Gasteiger partial charge in [0.2, 0.25) is 11.8 Å². The average Bonchev–Trinajstić information content (AvgIpc) is 2.28. The van der Waals surface area contributed by atoms with Gasteiger partial charge in [-0.25, -0.2) is 0 Å². The van der Waals surface area contributed by atoms with Crippen LogP contribution in [0.4, 0.5) is 0 Å². The molecule has 106 valence electrons. The van der Waals surface area contributed by atoms with E-state index >= 15 is 0 Å². The van der Waals surface area contributed by atoms with Gasteiger partial charge >= 0.3 is 0 Å². The second-order valence-corrected chi connectivity index (χ2v) is 4.46. The third kappa shape index (κ3) is 8.95. The van der Waals surface area contributed by atoms with Gasteiger partial charge in [0, 0.05) is 33.2 Å². The molecule has 18 heavy (non-hydrogen) atoms. The Bertz CT molecular complexity index is 257. The van der Waals surface area contributed by atoms with Crippen LogP contribution in [-0.2, 0) is 14.3 Å². The van der Waals surface area contributed by atoms with Crippen LogP contribution in [0.5, 0.6) is 0 Å². The van der Waals surface area contributed by atoms with E-state index in [1.807, 2.05) is 6.92 Å². The van der Waals surface area contributed by atoms with E-state index in [0.29, 0.717) is 19.6 Å². The number of nitrogens with two attached hydrogens (primary N) is 1. The van der Waals surface area contributed by atoms with Crippen LogP contribution < -0.4 is 11.1 Å². The molecule has 0 saturated heterocycles. The fraction of sp³-hybridized carbons (Fsp3) is 0.833. The molecular formula is C12H25N3O3. The van der Waals surface area contributed by atoms with Gasteiger partial charge < -0.3 is 20.7 Å². The Morgan fingerprint density at radius 1 is 1.44 bits per heavy atom. The van der Waals surface area contributed by atoms with E-state index in [2.05, 4.69) is 5.32 Å². The largest absolute Gasteiger partial charge is 0.383 e. The molecule has 0 bridgehead atoms. The summed E-state index contributed by atoms with van der Waals surface area (Å²) in [5.41, 5.74) is 5.60. The van der Waals surface area contributed by atoms with Crippen LogP contribution in [0.15, 0.2) is 0 Å². The van der Waals surface area contributed by atoms with Gasteiger partial charge in [0.15, 0.2) is 0 Å². The summed E-state index contributed by atoms with van der Waals surface area (Å²) in [4.78, 5) is 24.5. The Morgan fingerprint density at radius 3 is 2.67 bits per heavy atom. The molecule has 0 aliphatic carbocycles. The molecule has 0 heterocycles. The number of nitrogens with zero attached hydrogens (tertiary/aromatic N) is 1. The van der Waals surface area contributed by atoms with Crippen LogP contribution >= 0.6 is 0 Å². The molecule has 0 aliphatic heterocycles. The van der Waals surface area contributed by atoms with Gasteiger partial charge in [-0.1, -0.05) is 0 Å². The third-order valence-corrected chi connectivity index (χ3v) is 2.48. The van der Waals surface area contributed by atoms with Crippen molar-refractivity contribution in [2.45, 2.75) is 32.2 Å². The van der Waals surface area contributed by atoms with Crippen molar-refractivity contribution in [3.63, 3.8) is 0 Å². The number of hydrogen-bond acceptors (Lipinski definition) is 4. The number of carbonyl (C=O) groups excluding carboxylic acids is 2. The highest BCUT2D eigenvalue weighted by Crippen LogP contribution is 2.01. The highest BCUT2D eigenvalue weighted by Gasteiger charge is 2.12. The lowest BCUT2D eigenvalue weighted by Gasteiger charge is -2.17. The lowest BCUT2D eigenvalue weighted by molar-refractivity contribution is -0.134. The van der Waals surface area contributed by atoms with Gasteiger partial charge in [0.25, 0.3) is 0 Å². The van der Waals surface area contributed by atoms with E-state index in [-0.39, 0.29) is 24.4 Å². The fourth-order valence-corrected chi connectivity index (χ4v) is 1.42. The summed E-state index contributed by atoms with van der Waals surface area (Å²) in [6.07, 6.45) is 2.01. The number of hydrogen-bond donors (Lipinski definition) is 2. The van der Waals surface area contributed by atoms with Crippen molar-refractivity contribution in [3.05, 3.63) is 0 Å². The van der Waals surface area contributed by atoms with E-state index in [4.69, 9.17) is 10.5 Å². The van der Waals surface area contributed by atoms with E-state index < -0.39 is 0 Å². The van der Waals surface area contributed by atoms with Gasteiger partial charge in [-0.05, 0) is 19.8 Å². The average molecular weight is 259 g/mol. The Balaban J connectivity index is 3.75. The summed E-state index contributed by atoms with van der Waals surface area (Å²) >= 11 is 0. The lowest BCUT2D eigenvalue weighted by atomic mass is 10.1. The number of amides is 2. The lowest BCUT2D eigenvalue weighted by Crippen LogP contribution is -2.39. The van der Waals surface area contributed by atoms with Crippen LogP contribution in [0.1, 0.15) is 26.2 Å². The smallest absolute Gasteiger partial charge is 0.239 e. The number of nitrogens with one attached hydrogen (secondary N) is 1. The molecule has 0 radical (unpaired) electrons. The zero-order chi connectivity index (χ0) is 14.0. The van der Waals surface area contributed by atoms with Crippen molar-refractivity contribution in [3.8, 4) is 0 Å². The minimum atomic E-state index is -0.171. The molecule has 0 rings (SSSR count). The molecule has 3 N–H and O–H groups in total. The van der Waals surface area contributed by atoms with Gasteiger partial charge in [0.1, 0.15) is 0 Å². The Morgan fingerprint density at radius 2 is 2.11 bits per heavy atom. The zero-order valence-corrected chi connectivity index (χ0v) is 11.6. The number of likely N-dealkylation sites (N-methyl/N-ethyl adjacent to an activating group) is 1. The molecule has 0 aliphatic rings. The predicted octanol–water partition coefficient (Wildman–Crippen LogP) is -0.275. The highest BCUT2D eigenvalue weighted by molar-refractivity contribution is 5.84. The van der Waals surface area contributed by atoms with Crippen LogP contribution in [0.25, 0.3) is 0 Å². The van der Waals surface area contributed by atoms with Crippen molar-refractivity contribution in [1.82, 2.24) is 10.2 Å². The van der Waals surface area contributed by atoms with Crippen molar-refractivity contribution < 1.29 is 14.3 Å². The molecule has 2 amide bonds. The van der Waals surface area contributed by atoms with E-state index in [1.54, 1.807) is 14.2 Å². The van der Waals surface area contributed by atoms with E-state index in [0.717, 1.165) is 12.8 Å². The van der Waals surface area contributed by atoms with Gasteiger partial charge in [-0.15, -0.1) is 0 Å². The quantitative estimate of drug-likeness (QED) is 0.558. The van der Waals surface area contributed by atoms with Crippen molar-refractivity contribution in [1.29, 1.82) is 0 Å². The molecule has 1 unspecified atom stereocenters. The number of ether oxygens (including phenoxy) is 1. The Kier molecular flexibility index (Phi) is 9.22. The second-order valence-electron chi connectivity index (χ2n) is 4.46. The summed E-state index contributed by atoms with van der Waals surface area (Å²) in [5, 5.41) is 2.67. The van der Waals surface area contributed by atoms with Gasteiger partial charge in [-0.3, -0.25) is 9.59 Å². The Labute approximate surface area is 109 Å². The Hall–Kier alpha value is -1.14. The first-order valence-corrected chi connectivity index (χ1v) is 6.22. The van der Waals surface area contributed by atoms with Crippen molar-refractivity contribution >= 4 is 11.8 Å². The second kappa shape index (κ2) is 9.85. The molecule has 0 fully saturated rings. The molecule has 0 aromatic heterocycles. The minimum Gasteiger partial charge on any atom is -0.383 e. The van der Waals surface area contributed by atoms with Crippen LogP contribution in [-0.4, -0.2) is 56.6 Å². The van der Waals surface area contributed by atoms with E-state index in [9.17, 15) is 9.59 Å². The standard InChI is InChI=1S/C12H25N3O3/c1-10(13)5-4-6-12(17)15(2)9-11(16)14-7-8-18-3/h10H,4-9,13H2,1-3H3,(H,14,16). The third-order valence-electron chi connectivity index (χ3n) is 2.48. The first-order chi connectivity index (χ1) is 8.47. The summed E-state index contributed by atoms with van der Waals surface area (Å²) in [6, 6.07) is 0.112. The molecule has 0 aromatic carbocycles. The maximum atomic E-state index is 11.7. The summed E-state index contributed by atoms with van der Waals surface area (Å²) in [6.45, 7) is 2.93. The van der Waals surface area contributed by atoms with Crippen molar-refractivity contribution in [2.75, 3.05) is 33.9 Å². The van der Waals surface area contributed by atoms with Crippen LogP contribution in [0.3, 0.4) is 0 Å². The molecule has 6 heteroatoms. The van der Waals surface area contributed by atoms with Crippen molar-refractivity contribution in [2.24, 2.45) is 5.73 Å². The maximum absolute atomic E-state index is 11.7. The fourth-order valence-electron chi connectivity index (χ4n) is 1.42. The van der Waals surface area contributed by atoms with Gasteiger partial charge in [0.05, 0.1) is 13.2 Å². The number of methoxy groups -OCH3 is 1. The van der Waals surface area contributed by atoms with Crippen LogP contribution in [0.2, 0.25) is 0 Å². The topological polar surface area (TPSA) is 84.7 Å². The first kappa shape index (κ1) is 16.9. The normalized spacial score (nSPS) is 12.0.